The van der Waals surface area contributed by atoms with Gasteiger partial charge in [-0.2, -0.15) is 0 Å². The summed E-state index contributed by atoms with van der Waals surface area (Å²) in [5, 5.41) is 2.55. The minimum atomic E-state index is -3.60. The molecule has 1 atom stereocenters. The van der Waals surface area contributed by atoms with E-state index in [9.17, 15) is 22.8 Å². The topological polar surface area (TPSA) is 119 Å². The van der Waals surface area contributed by atoms with Crippen LogP contribution in [0, 0.1) is 0 Å². The SMILES string of the molecule is CC(=O)c1ccccc1NC(=O)C(C)OC(=O)c1ccccc1NS(C)(=O)=O. The molecule has 0 aliphatic rings. The maximum Gasteiger partial charge on any atom is 0.341 e. The Bertz CT molecular complexity index is 1020. The number of carbonyl (C=O) groups is 3. The Morgan fingerprint density at radius 1 is 0.929 bits per heavy atom. The molecule has 0 radical (unpaired) electrons. The molecule has 28 heavy (non-hydrogen) atoms. The van der Waals surface area contributed by atoms with E-state index in [1.165, 1.54) is 32.0 Å². The number of hydrogen-bond acceptors (Lipinski definition) is 6. The van der Waals surface area contributed by atoms with Crippen molar-refractivity contribution in [1.29, 1.82) is 0 Å². The predicted molar refractivity (Wildman–Crippen MR) is 105 cm³/mol. The van der Waals surface area contributed by atoms with Crippen molar-refractivity contribution in [2.45, 2.75) is 20.0 Å². The smallest absolute Gasteiger partial charge is 0.341 e. The maximum atomic E-state index is 12.4. The molecule has 0 heterocycles. The van der Waals surface area contributed by atoms with Crippen LogP contribution in [0.15, 0.2) is 48.5 Å². The number of rotatable bonds is 7. The van der Waals surface area contributed by atoms with Crippen molar-refractivity contribution in [1.82, 2.24) is 0 Å². The molecule has 2 N–H and O–H groups in total. The Morgan fingerprint density at radius 2 is 1.46 bits per heavy atom. The van der Waals surface area contributed by atoms with Gasteiger partial charge in [0.05, 0.1) is 23.2 Å². The fourth-order valence-electron chi connectivity index (χ4n) is 2.36. The Morgan fingerprint density at radius 3 is 2.04 bits per heavy atom. The van der Waals surface area contributed by atoms with Crippen molar-refractivity contribution in [2.75, 3.05) is 16.3 Å². The zero-order valence-corrected chi connectivity index (χ0v) is 16.4. The van der Waals surface area contributed by atoms with Gasteiger partial charge in [0, 0.05) is 5.56 Å². The van der Waals surface area contributed by atoms with E-state index in [-0.39, 0.29) is 17.0 Å². The quantitative estimate of drug-likeness (QED) is 0.540. The van der Waals surface area contributed by atoms with Gasteiger partial charge in [-0.25, -0.2) is 13.2 Å². The van der Waals surface area contributed by atoms with Crippen LogP contribution in [-0.4, -0.2) is 38.4 Å². The van der Waals surface area contributed by atoms with E-state index in [1.807, 2.05) is 0 Å². The van der Waals surface area contributed by atoms with Crippen molar-refractivity contribution >= 4 is 39.1 Å². The third-order valence-corrected chi connectivity index (χ3v) is 4.25. The van der Waals surface area contributed by atoms with Crippen LogP contribution in [0.5, 0.6) is 0 Å². The first-order valence-corrected chi connectivity index (χ1v) is 10.2. The minimum Gasteiger partial charge on any atom is -0.449 e. The fraction of sp³-hybridized carbons (Fsp3) is 0.211. The van der Waals surface area contributed by atoms with Crippen molar-refractivity contribution < 1.29 is 27.5 Å². The highest BCUT2D eigenvalue weighted by molar-refractivity contribution is 7.92. The first-order chi connectivity index (χ1) is 13.1. The van der Waals surface area contributed by atoms with Crippen LogP contribution in [0.1, 0.15) is 34.6 Å². The first kappa shape index (κ1) is 21.1. The number of hydrogen-bond donors (Lipinski definition) is 2. The van der Waals surface area contributed by atoms with Gasteiger partial charge in [-0.15, -0.1) is 0 Å². The zero-order valence-electron chi connectivity index (χ0n) is 15.6. The van der Waals surface area contributed by atoms with Crippen molar-refractivity contribution in [2.24, 2.45) is 0 Å². The molecule has 9 heteroatoms. The van der Waals surface area contributed by atoms with E-state index in [1.54, 1.807) is 30.3 Å². The highest BCUT2D eigenvalue weighted by Gasteiger charge is 2.22. The molecule has 0 spiro atoms. The molecule has 0 aliphatic heterocycles. The van der Waals surface area contributed by atoms with E-state index in [0.29, 0.717) is 11.3 Å². The number of Topliss-reactive ketones (excluding diaryl/α,β-unsaturated/α-hetero) is 1. The van der Waals surface area contributed by atoms with E-state index in [0.717, 1.165) is 6.26 Å². The Labute approximate surface area is 163 Å². The second kappa shape index (κ2) is 8.66. The van der Waals surface area contributed by atoms with Gasteiger partial charge in [-0.3, -0.25) is 14.3 Å². The number of ether oxygens (including phenoxy) is 1. The molecule has 8 nitrogen and oxygen atoms in total. The van der Waals surface area contributed by atoms with Gasteiger partial charge < -0.3 is 10.1 Å². The monoisotopic (exact) mass is 404 g/mol. The molecule has 0 saturated carbocycles. The number of ketones is 1. The van der Waals surface area contributed by atoms with Crippen LogP contribution in [0.2, 0.25) is 0 Å². The minimum absolute atomic E-state index is 0.0308. The highest BCUT2D eigenvalue weighted by atomic mass is 32.2. The van der Waals surface area contributed by atoms with E-state index >= 15 is 0 Å². The summed E-state index contributed by atoms with van der Waals surface area (Å²) in [5.41, 5.74) is 0.653. The largest absolute Gasteiger partial charge is 0.449 e. The second-order valence-corrected chi connectivity index (χ2v) is 7.81. The Kier molecular flexibility index (Phi) is 6.53. The van der Waals surface area contributed by atoms with Gasteiger partial charge in [0.1, 0.15) is 0 Å². The average Bonchev–Trinajstić information content (AvgIpc) is 2.60. The summed E-state index contributed by atoms with van der Waals surface area (Å²) in [5.74, 6) is -1.72. The van der Waals surface area contributed by atoms with Crippen LogP contribution in [0.4, 0.5) is 11.4 Å². The summed E-state index contributed by atoms with van der Waals surface area (Å²) in [6.07, 6.45) is -0.226. The first-order valence-electron chi connectivity index (χ1n) is 8.27. The molecule has 0 bridgehead atoms. The summed E-state index contributed by atoms with van der Waals surface area (Å²) in [6.45, 7) is 2.75. The van der Waals surface area contributed by atoms with Crippen molar-refractivity contribution in [3.05, 3.63) is 59.7 Å². The lowest BCUT2D eigenvalue weighted by atomic mass is 10.1. The number of nitrogens with one attached hydrogen (secondary N) is 2. The third-order valence-electron chi connectivity index (χ3n) is 3.66. The molecule has 0 aromatic heterocycles. The Balaban J connectivity index is 2.13. The predicted octanol–water partition coefficient (Wildman–Crippen LogP) is 2.44. The number of esters is 1. The fourth-order valence-corrected chi connectivity index (χ4v) is 2.94. The van der Waals surface area contributed by atoms with Crippen molar-refractivity contribution in [3.8, 4) is 0 Å². The molecule has 0 fully saturated rings. The molecular formula is C19H20N2O6S. The lowest BCUT2D eigenvalue weighted by Gasteiger charge is -2.16. The highest BCUT2D eigenvalue weighted by Crippen LogP contribution is 2.19. The number of carbonyl (C=O) groups excluding carboxylic acids is 3. The van der Waals surface area contributed by atoms with Crippen molar-refractivity contribution in [3.63, 3.8) is 0 Å². The van der Waals surface area contributed by atoms with Gasteiger partial charge in [0.2, 0.25) is 10.0 Å². The summed E-state index contributed by atoms with van der Waals surface area (Å²) >= 11 is 0. The van der Waals surface area contributed by atoms with Gasteiger partial charge in [-0.1, -0.05) is 24.3 Å². The lowest BCUT2D eigenvalue weighted by molar-refractivity contribution is -0.123. The summed E-state index contributed by atoms with van der Waals surface area (Å²) < 4.78 is 30.3. The van der Waals surface area contributed by atoms with E-state index in [2.05, 4.69) is 10.0 Å². The summed E-state index contributed by atoms with van der Waals surface area (Å²) in [7, 11) is -3.60. The number of sulfonamides is 1. The van der Waals surface area contributed by atoms with Crippen LogP contribution < -0.4 is 10.0 Å². The molecule has 1 unspecified atom stereocenters. The number of para-hydroxylation sites is 2. The standard InChI is InChI=1S/C19H20N2O6S/c1-12(22)14-8-4-6-10-16(14)20-18(23)13(2)27-19(24)15-9-5-7-11-17(15)21-28(3,25)26/h4-11,13,21H,1-3H3,(H,20,23). The molecule has 0 aliphatic carbocycles. The number of anilines is 2. The van der Waals surface area contributed by atoms with Crippen LogP contribution >= 0.6 is 0 Å². The molecule has 2 rings (SSSR count). The molecular weight excluding hydrogens is 384 g/mol. The maximum absolute atomic E-state index is 12.4. The third kappa shape index (κ3) is 5.65. The van der Waals surface area contributed by atoms with Gasteiger partial charge in [-0.05, 0) is 38.1 Å². The second-order valence-electron chi connectivity index (χ2n) is 6.06. The molecule has 148 valence electrons. The zero-order chi connectivity index (χ0) is 20.9. The summed E-state index contributed by atoms with van der Waals surface area (Å²) in [6, 6.07) is 12.3. The average molecular weight is 404 g/mol. The number of amides is 1. The van der Waals surface area contributed by atoms with E-state index < -0.39 is 28.0 Å². The Hall–Kier alpha value is -3.20. The lowest BCUT2D eigenvalue weighted by Crippen LogP contribution is -2.30. The van der Waals surface area contributed by atoms with Gasteiger partial charge in [0.25, 0.3) is 5.91 Å². The van der Waals surface area contributed by atoms with E-state index in [4.69, 9.17) is 4.74 Å². The molecule has 2 aromatic carbocycles. The normalized spacial score (nSPS) is 12.0. The molecule has 2 aromatic rings. The van der Waals surface area contributed by atoms with Gasteiger partial charge in [0.15, 0.2) is 11.9 Å². The van der Waals surface area contributed by atoms with Crippen LogP contribution in [0.3, 0.4) is 0 Å². The van der Waals surface area contributed by atoms with Crippen LogP contribution in [-0.2, 0) is 19.6 Å². The van der Waals surface area contributed by atoms with Crippen LogP contribution in [0.25, 0.3) is 0 Å². The molecule has 0 saturated heterocycles. The number of benzene rings is 2. The molecule has 1 amide bonds. The van der Waals surface area contributed by atoms with Gasteiger partial charge >= 0.3 is 5.97 Å². The summed E-state index contributed by atoms with van der Waals surface area (Å²) in [4.78, 5) is 36.4.